The zero-order valence-electron chi connectivity index (χ0n) is 30.3. The standard InChI is InChI=1S/C37H45NO16/c1-17-32(43)22(38-10-6-11-50-12-9-26(52-18(2)40)53-19(3)41)13-27(51-17)54-24-15-37(48,25(42)16-39)14-21-29(24)36(47)31-30(34(21)45)33(44)20-7-5-8-23(49-4)28(20)35(31)46/h5,7-8,17,22,24,26-27,32,38-39,43,45,47-48H,6,9-16H2,1-4H3/t17-,22-,24?,27-,32+,37?/m0/s1. The van der Waals surface area contributed by atoms with E-state index in [0.717, 1.165) is 0 Å². The molecule has 2 aromatic rings. The van der Waals surface area contributed by atoms with Crippen LogP contribution in [-0.4, -0.2) is 125 Å². The number of carbonyl (C=O) groups excluding carboxylic acids is 5. The second kappa shape index (κ2) is 16.9. The van der Waals surface area contributed by atoms with E-state index in [1.54, 1.807) is 6.92 Å². The maximum Gasteiger partial charge on any atom is 0.305 e. The van der Waals surface area contributed by atoms with Crippen molar-refractivity contribution in [3.63, 3.8) is 0 Å². The van der Waals surface area contributed by atoms with Gasteiger partial charge in [-0.2, -0.15) is 0 Å². The van der Waals surface area contributed by atoms with Crippen molar-refractivity contribution >= 4 is 29.3 Å². The third-order valence-corrected chi connectivity index (χ3v) is 9.73. The number of aliphatic hydroxyl groups excluding tert-OH is 2. The maximum atomic E-state index is 13.9. The highest BCUT2D eigenvalue weighted by Gasteiger charge is 2.50. The van der Waals surface area contributed by atoms with Crippen molar-refractivity contribution in [1.29, 1.82) is 0 Å². The second-order valence-corrected chi connectivity index (χ2v) is 13.5. The lowest BCUT2D eigenvalue weighted by atomic mass is 9.72. The average Bonchev–Trinajstić information content (AvgIpc) is 3.11. The van der Waals surface area contributed by atoms with E-state index in [1.807, 2.05) is 0 Å². The maximum absolute atomic E-state index is 13.9. The van der Waals surface area contributed by atoms with Gasteiger partial charge in [-0.3, -0.25) is 24.0 Å². The van der Waals surface area contributed by atoms with Crippen LogP contribution in [0.1, 0.15) is 95.5 Å². The molecule has 2 aromatic carbocycles. The van der Waals surface area contributed by atoms with Gasteiger partial charge in [0, 0.05) is 68.9 Å². The summed E-state index contributed by atoms with van der Waals surface area (Å²) in [5, 5.41) is 58.7. The summed E-state index contributed by atoms with van der Waals surface area (Å²) in [5.41, 5.74) is -3.86. The first kappa shape index (κ1) is 40.7. The van der Waals surface area contributed by atoms with Crippen molar-refractivity contribution in [3.05, 3.63) is 51.6 Å². The van der Waals surface area contributed by atoms with E-state index in [0.29, 0.717) is 13.0 Å². The lowest BCUT2D eigenvalue weighted by Crippen LogP contribution is -2.54. The first-order chi connectivity index (χ1) is 25.6. The summed E-state index contributed by atoms with van der Waals surface area (Å²) in [4.78, 5) is 63.0. The molecule has 0 saturated carbocycles. The molecule has 2 unspecified atom stereocenters. The van der Waals surface area contributed by atoms with Crippen LogP contribution in [0.3, 0.4) is 0 Å². The fraction of sp³-hybridized carbons (Fsp3) is 0.541. The van der Waals surface area contributed by atoms with E-state index in [9.17, 15) is 49.5 Å². The zero-order valence-corrected chi connectivity index (χ0v) is 30.3. The molecule has 17 heteroatoms. The lowest BCUT2D eigenvalue weighted by molar-refractivity contribution is -0.249. The predicted octanol–water partition coefficient (Wildman–Crippen LogP) is 0.881. The van der Waals surface area contributed by atoms with Crippen molar-refractivity contribution in [2.45, 2.75) is 95.4 Å². The minimum atomic E-state index is -2.30. The molecule has 0 radical (unpaired) electrons. The van der Waals surface area contributed by atoms with Crippen LogP contribution in [0.15, 0.2) is 18.2 Å². The Kier molecular flexibility index (Phi) is 12.7. The van der Waals surface area contributed by atoms with Gasteiger partial charge in [0.15, 0.2) is 17.9 Å². The molecule has 294 valence electrons. The number of esters is 2. The monoisotopic (exact) mass is 759 g/mol. The third kappa shape index (κ3) is 8.27. The number of hydrogen-bond donors (Lipinski definition) is 6. The van der Waals surface area contributed by atoms with Crippen LogP contribution in [0, 0.1) is 0 Å². The third-order valence-electron chi connectivity index (χ3n) is 9.73. The SMILES string of the molecule is COc1cccc2c1C(=O)c1c(O)c3c(c(O)c1C2=O)CC(O)(C(=O)CO)CC3O[C@H]1C[C@H](NCCCOCCC(OC(C)=O)OC(C)=O)[C@H](O)[C@H](C)O1. The van der Waals surface area contributed by atoms with Gasteiger partial charge in [-0.05, 0) is 26.0 Å². The van der Waals surface area contributed by atoms with Crippen molar-refractivity contribution < 1.29 is 77.9 Å². The predicted molar refractivity (Wildman–Crippen MR) is 183 cm³/mol. The highest BCUT2D eigenvalue weighted by molar-refractivity contribution is 6.31. The normalized spacial score (nSPS) is 24.7. The topological polar surface area (TPSA) is 254 Å². The Bertz CT molecular complexity index is 1780. The van der Waals surface area contributed by atoms with Crippen molar-refractivity contribution in [2.75, 3.05) is 33.5 Å². The summed E-state index contributed by atoms with van der Waals surface area (Å²) in [6.45, 7) is 3.72. The smallest absolute Gasteiger partial charge is 0.305 e. The lowest BCUT2D eigenvalue weighted by Gasteiger charge is -2.43. The van der Waals surface area contributed by atoms with Crippen molar-refractivity contribution in [2.24, 2.45) is 0 Å². The Hall–Kier alpha value is -4.49. The fourth-order valence-corrected chi connectivity index (χ4v) is 7.17. The van der Waals surface area contributed by atoms with Crippen LogP contribution >= 0.6 is 0 Å². The van der Waals surface area contributed by atoms with Gasteiger partial charge in [0.2, 0.25) is 12.1 Å². The first-order valence-corrected chi connectivity index (χ1v) is 17.5. The highest BCUT2D eigenvalue weighted by Crippen LogP contribution is 2.52. The van der Waals surface area contributed by atoms with Crippen LogP contribution in [0.25, 0.3) is 0 Å². The number of fused-ring (bicyclic) bond motifs is 3. The molecule has 0 amide bonds. The van der Waals surface area contributed by atoms with Crippen LogP contribution in [0.5, 0.6) is 17.2 Å². The number of aliphatic hydroxyl groups is 3. The molecule has 1 saturated heterocycles. The molecule has 2 aliphatic carbocycles. The van der Waals surface area contributed by atoms with Crippen molar-refractivity contribution in [3.8, 4) is 17.2 Å². The number of nitrogens with one attached hydrogen (secondary N) is 1. The van der Waals surface area contributed by atoms with Gasteiger partial charge >= 0.3 is 11.9 Å². The van der Waals surface area contributed by atoms with E-state index in [-0.39, 0.29) is 54.1 Å². The average molecular weight is 760 g/mol. The molecule has 1 aliphatic heterocycles. The molecule has 1 heterocycles. The van der Waals surface area contributed by atoms with Gasteiger partial charge in [-0.15, -0.1) is 0 Å². The van der Waals surface area contributed by atoms with Crippen LogP contribution in [-0.2, 0) is 44.5 Å². The molecule has 0 aromatic heterocycles. The molecule has 1 fully saturated rings. The zero-order chi connectivity index (χ0) is 39.5. The minimum Gasteiger partial charge on any atom is -0.507 e. The molecular formula is C37H45NO16. The van der Waals surface area contributed by atoms with Crippen molar-refractivity contribution in [1.82, 2.24) is 5.32 Å². The molecular weight excluding hydrogens is 714 g/mol. The molecule has 5 rings (SSSR count). The quantitative estimate of drug-likeness (QED) is 0.0544. The molecule has 0 bridgehead atoms. The Morgan fingerprint density at radius 3 is 2.35 bits per heavy atom. The van der Waals surface area contributed by atoms with Gasteiger partial charge in [-0.1, -0.05) is 12.1 Å². The van der Waals surface area contributed by atoms with Gasteiger partial charge < -0.3 is 59.3 Å². The van der Waals surface area contributed by atoms with E-state index >= 15 is 0 Å². The number of phenols is 2. The number of ketones is 3. The van der Waals surface area contributed by atoms with Gasteiger partial charge in [0.05, 0.1) is 48.7 Å². The Morgan fingerprint density at radius 1 is 1.02 bits per heavy atom. The number of carbonyl (C=O) groups is 5. The number of ether oxygens (including phenoxy) is 6. The number of benzene rings is 2. The highest BCUT2D eigenvalue weighted by atomic mass is 16.7. The Balaban J connectivity index is 1.33. The van der Waals surface area contributed by atoms with E-state index in [2.05, 4.69) is 5.32 Å². The summed E-state index contributed by atoms with van der Waals surface area (Å²) in [7, 11) is 1.31. The van der Waals surface area contributed by atoms with E-state index in [1.165, 1.54) is 39.2 Å². The minimum absolute atomic E-state index is 0.0384. The molecule has 0 spiro atoms. The number of hydrogen-bond acceptors (Lipinski definition) is 17. The first-order valence-electron chi connectivity index (χ1n) is 17.5. The number of rotatable bonds is 15. The largest absolute Gasteiger partial charge is 0.507 e. The fourth-order valence-electron chi connectivity index (χ4n) is 7.17. The number of aromatic hydroxyl groups is 2. The summed E-state index contributed by atoms with van der Waals surface area (Å²) in [6, 6.07) is 3.74. The summed E-state index contributed by atoms with van der Waals surface area (Å²) < 4.78 is 33.0. The van der Waals surface area contributed by atoms with Gasteiger partial charge in [-0.25, -0.2) is 0 Å². The van der Waals surface area contributed by atoms with Gasteiger partial charge in [0.1, 0.15) is 29.5 Å². The number of methoxy groups -OCH3 is 1. The summed E-state index contributed by atoms with van der Waals surface area (Å²) in [5.74, 6) is -5.15. The van der Waals surface area contributed by atoms with Crippen LogP contribution < -0.4 is 10.1 Å². The Labute approximate surface area is 310 Å². The second-order valence-electron chi connectivity index (χ2n) is 13.5. The summed E-state index contributed by atoms with van der Waals surface area (Å²) in [6.07, 6.45) is -5.83. The van der Waals surface area contributed by atoms with Gasteiger partial charge in [0.25, 0.3) is 0 Å². The van der Waals surface area contributed by atoms with Crippen LogP contribution in [0.2, 0.25) is 0 Å². The van der Waals surface area contributed by atoms with Crippen LogP contribution in [0.4, 0.5) is 0 Å². The summed E-state index contributed by atoms with van der Waals surface area (Å²) >= 11 is 0. The number of phenolic OH excluding ortho intramolecular Hbond substituents is 2. The Morgan fingerprint density at radius 2 is 1.70 bits per heavy atom. The number of Topliss-reactive ketones (excluding diaryl/α,β-unsaturated/α-hetero) is 1. The molecule has 6 N–H and O–H groups in total. The molecule has 6 atom stereocenters. The molecule has 54 heavy (non-hydrogen) atoms. The molecule has 17 nitrogen and oxygen atoms in total. The molecule has 3 aliphatic rings. The van der Waals surface area contributed by atoms with E-state index in [4.69, 9.17) is 28.4 Å². The van der Waals surface area contributed by atoms with E-state index < -0.39 is 114 Å².